The number of anilines is 1. The van der Waals surface area contributed by atoms with Crippen molar-refractivity contribution in [1.29, 1.82) is 0 Å². The molecule has 23 heavy (non-hydrogen) atoms. The number of methoxy groups -OCH3 is 1. The van der Waals surface area contributed by atoms with E-state index in [1.165, 1.54) is 12.5 Å². The number of carbonyl (C=O) groups excluding carboxylic acids is 1. The molecule has 0 aliphatic heterocycles. The van der Waals surface area contributed by atoms with Gasteiger partial charge >= 0.3 is 0 Å². The lowest BCUT2D eigenvalue weighted by Gasteiger charge is -2.09. The molecule has 116 valence electrons. The molecule has 1 aromatic carbocycles. The van der Waals surface area contributed by atoms with E-state index in [1.807, 2.05) is 0 Å². The summed E-state index contributed by atoms with van der Waals surface area (Å²) in [6.45, 7) is 0. The van der Waals surface area contributed by atoms with Gasteiger partial charge in [-0.2, -0.15) is 0 Å². The summed E-state index contributed by atoms with van der Waals surface area (Å²) in [5, 5.41) is 2.76. The summed E-state index contributed by atoms with van der Waals surface area (Å²) in [4.78, 5) is 15.8. The first-order valence-electron chi connectivity index (χ1n) is 6.86. The average Bonchev–Trinajstić information content (AvgIpc) is 3.26. The fraction of sp³-hybridized carbons (Fsp3) is 0.0588. The van der Waals surface area contributed by atoms with Crippen molar-refractivity contribution in [1.82, 2.24) is 4.98 Å². The summed E-state index contributed by atoms with van der Waals surface area (Å²) >= 11 is 0. The van der Waals surface area contributed by atoms with Crippen molar-refractivity contribution < 1.29 is 18.4 Å². The third-order valence-electron chi connectivity index (χ3n) is 3.11. The van der Waals surface area contributed by atoms with Crippen LogP contribution in [0.15, 0.2) is 64.1 Å². The Kier molecular flexibility index (Phi) is 4.24. The summed E-state index contributed by atoms with van der Waals surface area (Å²) < 4.78 is 15.7. The van der Waals surface area contributed by atoms with Crippen LogP contribution in [0, 0.1) is 0 Å². The van der Waals surface area contributed by atoms with Crippen molar-refractivity contribution in [3.05, 3.63) is 61.0 Å². The molecule has 0 saturated heterocycles. The van der Waals surface area contributed by atoms with Crippen LogP contribution in [0.25, 0.3) is 17.4 Å². The number of amides is 1. The molecule has 6 heteroatoms. The van der Waals surface area contributed by atoms with Crippen LogP contribution in [0.4, 0.5) is 5.69 Å². The molecule has 0 radical (unpaired) electrons. The van der Waals surface area contributed by atoms with E-state index in [9.17, 15) is 4.79 Å². The molecule has 0 atom stereocenters. The number of nitrogens with one attached hydrogen (secondary N) is 1. The number of oxazole rings is 1. The number of ether oxygens (including phenoxy) is 1. The van der Waals surface area contributed by atoms with E-state index in [0.29, 0.717) is 23.0 Å². The van der Waals surface area contributed by atoms with Gasteiger partial charge in [-0.25, -0.2) is 4.98 Å². The molecule has 0 unspecified atom stereocenters. The summed E-state index contributed by atoms with van der Waals surface area (Å²) in [5.74, 6) is 1.52. The second kappa shape index (κ2) is 6.65. The van der Waals surface area contributed by atoms with Gasteiger partial charge in [0.15, 0.2) is 12.2 Å². The van der Waals surface area contributed by atoms with E-state index < -0.39 is 0 Å². The average molecular weight is 310 g/mol. The predicted molar refractivity (Wildman–Crippen MR) is 84.9 cm³/mol. The lowest BCUT2D eigenvalue weighted by atomic mass is 10.1. The van der Waals surface area contributed by atoms with Gasteiger partial charge in [0, 0.05) is 17.8 Å². The van der Waals surface area contributed by atoms with Crippen molar-refractivity contribution in [2.24, 2.45) is 0 Å². The van der Waals surface area contributed by atoms with Crippen molar-refractivity contribution >= 4 is 17.7 Å². The minimum atomic E-state index is -0.268. The molecular formula is C17H14N2O4. The lowest BCUT2D eigenvalue weighted by molar-refractivity contribution is -0.111. The van der Waals surface area contributed by atoms with E-state index in [1.54, 1.807) is 56.0 Å². The minimum Gasteiger partial charge on any atom is -0.496 e. The van der Waals surface area contributed by atoms with Crippen LogP contribution in [0.2, 0.25) is 0 Å². The zero-order valence-electron chi connectivity index (χ0n) is 12.4. The molecular weight excluding hydrogens is 296 g/mol. The number of carbonyl (C=O) groups is 1. The van der Waals surface area contributed by atoms with E-state index in [0.717, 1.165) is 5.56 Å². The first-order chi connectivity index (χ1) is 11.3. The molecule has 3 rings (SSSR count). The monoisotopic (exact) mass is 310 g/mol. The Labute approximate surface area is 132 Å². The fourth-order valence-corrected chi connectivity index (χ4v) is 2.05. The summed E-state index contributed by atoms with van der Waals surface area (Å²) in [7, 11) is 1.55. The second-order valence-corrected chi connectivity index (χ2v) is 4.62. The Hall–Kier alpha value is -3.28. The number of rotatable bonds is 5. The van der Waals surface area contributed by atoms with Crippen LogP contribution in [0.5, 0.6) is 5.75 Å². The van der Waals surface area contributed by atoms with Crippen LogP contribution >= 0.6 is 0 Å². The number of hydrogen-bond donors (Lipinski definition) is 1. The Balaban J connectivity index is 1.74. The van der Waals surface area contributed by atoms with Crippen molar-refractivity contribution in [2.75, 3.05) is 12.4 Å². The van der Waals surface area contributed by atoms with E-state index in [-0.39, 0.29) is 5.91 Å². The van der Waals surface area contributed by atoms with Gasteiger partial charge in [0.25, 0.3) is 0 Å². The minimum absolute atomic E-state index is 0.268. The molecule has 0 bridgehead atoms. The Morgan fingerprint density at radius 1 is 1.30 bits per heavy atom. The van der Waals surface area contributed by atoms with Gasteiger partial charge in [0.05, 0.1) is 25.1 Å². The number of furan rings is 1. The van der Waals surface area contributed by atoms with Crippen LogP contribution in [0.3, 0.4) is 0 Å². The molecule has 2 heterocycles. The molecule has 1 amide bonds. The highest BCUT2D eigenvalue weighted by Crippen LogP contribution is 2.32. The van der Waals surface area contributed by atoms with E-state index in [2.05, 4.69) is 10.3 Å². The quantitative estimate of drug-likeness (QED) is 0.729. The molecule has 0 aliphatic rings. The van der Waals surface area contributed by atoms with Crippen molar-refractivity contribution in [2.45, 2.75) is 0 Å². The Morgan fingerprint density at radius 2 is 2.22 bits per heavy atom. The highest BCUT2D eigenvalue weighted by atomic mass is 16.5. The second-order valence-electron chi connectivity index (χ2n) is 4.62. The maximum atomic E-state index is 11.9. The van der Waals surface area contributed by atoms with Crippen LogP contribution in [0.1, 0.15) is 5.76 Å². The summed E-state index contributed by atoms with van der Waals surface area (Å²) in [6, 6.07) is 8.80. The third kappa shape index (κ3) is 3.49. The largest absolute Gasteiger partial charge is 0.496 e. The number of benzene rings is 1. The first-order valence-corrected chi connectivity index (χ1v) is 6.86. The standard InChI is InChI=1S/C17H14N2O4/c1-21-15-9-12(4-6-14(15)16-10-18-11-23-16)19-17(20)7-5-13-3-2-8-22-13/h2-11H,1H3,(H,19,20)/b7-5+. The van der Waals surface area contributed by atoms with Crippen molar-refractivity contribution in [3.8, 4) is 17.1 Å². The fourth-order valence-electron chi connectivity index (χ4n) is 2.05. The number of aromatic nitrogens is 1. The molecule has 0 spiro atoms. The zero-order chi connectivity index (χ0) is 16.1. The highest BCUT2D eigenvalue weighted by molar-refractivity contribution is 6.02. The third-order valence-corrected chi connectivity index (χ3v) is 3.11. The maximum Gasteiger partial charge on any atom is 0.248 e. The molecule has 0 saturated carbocycles. The van der Waals surface area contributed by atoms with Gasteiger partial charge < -0.3 is 18.9 Å². The van der Waals surface area contributed by atoms with Crippen LogP contribution < -0.4 is 10.1 Å². The van der Waals surface area contributed by atoms with Gasteiger partial charge in [-0.1, -0.05) is 0 Å². The normalized spacial score (nSPS) is 10.8. The number of hydrogen-bond acceptors (Lipinski definition) is 5. The lowest BCUT2D eigenvalue weighted by Crippen LogP contribution is -2.07. The van der Waals surface area contributed by atoms with Gasteiger partial charge in [0.1, 0.15) is 11.5 Å². The predicted octanol–water partition coefficient (Wildman–Crippen LogP) is 3.60. The Morgan fingerprint density at radius 3 is 2.91 bits per heavy atom. The van der Waals surface area contributed by atoms with Crippen LogP contribution in [-0.4, -0.2) is 18.0 Å². The topological polar surface area (TPSA) is 77.5 Å². The Bertz CT molecular complexity index is 805. The smallest absolute Gasteiger partial charge is 0.248 e. The van der Waals surface area contributed by atoms with Crippen molar-refractivity contribution in [3.63, 3.8) is 0 Å². The molecule has 2 aromatic heterocycles. The summed E-state index contributed by atoms with van der Waals surface area (Å²) in [6.07, 6.45) is 7.49. The van der Waals surface area contributed by atoms with Gasteiger partial charge in [-0.3, -0.25) is 4.79 Å². The van der Waals surface area contributed by atoms with Gasteiger partial charge in [-0.05, 0) is 30.3 Å². The van der Waals surface area contributed by atoms with E-state index in [4.69, 9.17) is 13.6 Å². The molecule has 0 fully saturated rings. The van der Waals surface area contributed by atoms with Crippen LogP contribution in [-0.2, 0) is 4.79 Å². The maximum absolute atomic E-state index is 11.9. The van der Waals surface area contributed by atoms with Gasteiger partial charge in [0.2, 0.25) is 5.91 Å². The summed E-state index contributed by atoms with van der Waals surface area (Å²) in [5.41, 5.74) is 1.37. The first kappa shape index (κ1) is 14.6. The molecule has 0 aliphatic carbocycles. The number of nitrogens with zero attached hydrogens (tertiary/aromatic N) is 1. The molecule has 6 nitrogen and oxygen atoms in total. The molecule has 3 aromatic rings. The molecule has 1 N–H and O–H groups in total. The highest BCUT2D eigenvalue weighted by Gasteiger charge is 2.10. The zero-order valence-corrected chi connectivity index (χ0v) is 12.4. The SMILES string of the molecule is COc1cc(NC(=O)/C=C/c2ccco2)ccc1-c1cnco1. The van der Waals surface area contributed by atoms with Gasteiger partial charge in [-0.15, -0.1) is 0 Å². The van der Waals surface area contributed by atoms with E-state index >= 15 is 0 Å².